The van der Waals surface area contributed by atoms with Crippen molar-refractivity contribution in [1.82, 2.24) is 9.80 Å². The maximum atomic E-state index is 12.3. The van der Waals surface area contributed by atoms with E-state index in [1.165, 1.54) is 26.1 Å². The van der Waals surface area contributed by atoms with Crippen LogP contribution in [0.15, 0.2) is 24.3 Å². The van der Waals surface area contributed by atoms with Crippen LogP contribution in [0.5, 0.6) is 5.75 Å². The average molecular weight is 395 g/mol. The molecule has 5 nitrogen and oxygen atoms in total. The van der Waals surface area contributed by atoms with Crippen molar-refractivity contribution in [2.24, 2.45) is 5.92 Å². The molecule has 0 atom stereocenters. The van der Waals surface area contributed by atoms with E-state index in [-0.39, 0.29) is 12.1 Å². The van der Waals surface area contributed by atoms with Crippen LogP contribution in [0.25, 0.3) is 0 Å². The lowest BCUT2D eigenvalue weighted by Gasteiger charge is -2.34. The summed E-state index contributed by atoms with van der Waals surface area (Å²) >= 11 is 5.86. The highest BCUT2D eigenvalue weighted by atomic mass is 35.5. The molecule has 2 fully saturated rings. The van der Waals surface area contributed by atoms with Crippen molar-refractivity contribution < 1.29 is 14.3 Å². The van der Waals surface area contributed by atoms with Gasteiger partial charge in [-0.05, 0) is 81.8 Å². The van der Waals surface area contributed by atoms with Gasteiger partial charge in [0.05, 0.1) is 0 Å². The van der Waals surface area contributed by atoms with E-state index in [2.05, 4.69) is 4.90 Å². The van der Waals surface area contributed by atoms with Crippen molar-refractivity contribution in [3.05, 3.63) is 29.3 Å². The largest absolute Gasteiger partial charge is 0.415 e. The zero-order valence-corrected chi connectivity index (χ0v) is 17.0. The minimum Gasteiger partial charge on any atom is -0.410 e. The van der Waals surface area contributed by atoms with Crippen LogP contribution in [0.3, 0.4) is 0 Å². The lowest BCUT2D eigenvalue weighted by molar-refractivity contribution is 0.0595. The molecule has 0 aromatic heterocycles. The van der Waals surface area contributed by atoms with Gasteiger partial charge in [-0.15, -0.1) is 0 Å². The van der Waals surface area contributed by atoms with Crippen LogP contribution in [0.1, 0.15) is 38.5 Å². The molecule has 0 N–H and O–H groups in total. The Bertz CT molecular complexity index is 584. The van der Waals surface area contributed by atoms with Gasteiger partial charge >= 0.3 is 6.09 Å². The van der Waals surface area contributed by atoms with Gasteiger partial charge in [0.2, 0.25) is 0 Å². The quantitative estimate of drug-likeness (QED) is 0.611. The van der Waals surface area contributed by atoms with Crippen molar-refractivity contribution in [3.8, 4) is 5.75 Å². The molecule has 3 rings (SSSR count). The van der Waals surface area contributed by atoms with Crippen LogP contribution in [-0.4, -0.2) is 61.8 Å². The Balaban J connectivity index is 1.30. The van der Waals surface area contributed by atoms with Crippen LogP contribution >= 0.6 is 11.6 Å². The number of benzene rings is 1. The lowest BCUT2D eigenvalue weighted by Crippen LogP contribution is -2.41. The van der Waals surface area contributed by atoms with Gasteiger partial charge in [-0.2, -0.15) is 0 Å². The first-order chi connectivity index (χ1) is 13.1. The highest BCUT2D eigenvalue weighted by molar-refractivity contribution is 6.30. The first-order valence-corrected chi connectivity index (χ1v) is 10.5. The average Bonchev–Trinajstić information content (AvgIpc) is 2.65. The Labute approximate surface area is 167 Å². The summed E-state index contributed by atoms with van der Waals surface area (Å²) in [5, 5.41) is 0.629. The smallest absolute Gasteiger partial charge is 0.410 e. The Hall–Kier alpha value is -1.30. The van der Waals surface area contributed by atoms with Crippen molar-refractivity contribution in [1.29, 1.82) is 0 Å². The molecule has 150 valence electrons. The van der Waals surface area contributed by atoms with Gasteiger partial charge in [0.15, 0.2) is 0 Å². The molecule has 0 radical (unpaired) electrons. The van der Waals surface area contributed by atoms with E-state index < -0.39 is 0 Å². The number of nitrogens with zero attached hydrogens (tertiary/aromatic N) is 2. The third-order valence-corrected chi connectivity index (χ3v) is 5.99. The Morgan fingerprint density at radius 2 is 1.89 bits per heavy atom. The fourth-order valence-electron chi connectivity index (χ4n) is 3.77. The fourth-order valence-corrected chi connectivity index (χ4v) is 3.89. The Kier molecular flexibility index (Phi) is 7.80. The maximum Gasteiger partial charge on any atom is 0.415 e. The van der Waals surface area contributed by atoms with E-state index in [4.69, 9.17) is 21.1 Å². The zero-order valence-electron chi connectivity index (χ0n) is 16.2. The summed E-state index contributed by atoms with van der Waals surface area (Å²) in [6.07, 6.45) is 6.41. The van der Waals surface area contributed by atoms with Gasteiger partial charge in [0, 0.05) is 37.9 Å². The van der Waals surface area contributed by atoms with Gasteiger partial charge in [-0.25, -0.2) is 4.79 Å². The van der Waals surface area contributed by atoms with Gasteiger partial charge < -0.3 is 19.3 Å². The molecule has 1 aromatic rings. The predicted molar refractivity (Wildman–Crippen MR) is 107 cm³/mol. The number of halogens is 1. The number of hydrogen-bond acceptors (Lipinski definition) is 4. The van der Waals surface area contributed by atoms with Crippen LogP contribution in [-0.2, 0) is 4.74 Å². The van der Waals surface area contributed by atoms with E-state index in [9.17, 15) is 4.79 Å². The second-order valence-corrected chi connectivity index (χ2v) is 8.17. The molecule has 27 heavy (non-hydrogen) atoms. The van der Waals surface area contributed by atoms with Crippen molar-refractivity contribution in [2.75, 3.05) is 39.9 Å². The Morgan fingerprint density at radius 3 is 2.52 bits per heavy atom. The normalized spacial score (nSPS) is 22.9. The summed E-state index contributed by atoms with van der Waals surface area (Å²) in [5.41, 5.74) is 0. The zero-order chi connectivity index (χ0) is 19.1. The van der Waals surface area contributed by atoms with E-state index in [1.807, 2.05) is 7.05 Å². The topological polar surface area (TPSA) is 42.0 Å². The number of hydrogen-bond donors (Lipinski definition) is 0. The summed E-state index contributed by atoms with van der Waals surface area (Å²) in [5.74, 6) is 1.14. The highest BCUT2D eigenvalue weighted by Gasteiger charge is 2.27. The first kappa shape index (κ1) is 20.4. The molecule has 2 aliphatic rings. The summed E-state index contributed by atoms with van der Waals surface area (Å²) in [7, 11) is 1.83. The minimum absolute atomic E-state index is 0.243. The molecule has 1 aliphatic heterocycles. The summed E-state index contributed by atoms with van der Waals surface area (Å²) in [6.45, 7) is 5.42. The maximum absolute atomic E-state index is 12.3. The third-order valence-electron chi connectivity index (χ3n) is 5.74. The molecule has 1 saturated carbocycles. The molecule has 0 bridgehead atoms. The molecular weight excluding hydrogens is 364 g/mol. The van der Waals surface area contributed by atoms with Crippen LogP contribution in [0, 0.1) is 5.92 Å². The standard InChI is InChI=1S/C21H31ClN2O3/c1-23(21(25)27-20-10-6-18(22)7-11-20)19-8-4-17(5-9-19)16-26-15-3-14-24-12-2-13-24/h6-7,10-11,17,19H,2-5,8-9,12-16H2,1H3. The van der Waals surface area contributed by atoms with Gasteiger partial charge in [0.1, 0.15) is 5.75 Å². The van der Waals surface area contributed by atoms with Crippen molar-refractivity contribution in [2.45, 2.75) is 44.6 Å². The summed E-state index contributed by atoms with van der Waals surface area (Å²) in [6, 6.07) is 7.11. The molecule has 1 saturated heterocycles. The lowest BCUT2D eigenvalue weighted by atomic mass is 9.86. The molecule has 6 heteroatoms. The van der Waals surface area contributed by atoms with E-state index in [1.54, 1.807) is 29.2 Å². The van der Waals surface area contributed by atoms with Crippen molar-refractivity contribution in [3.63, 3.8) is 0 Å². The number of carbonyl (C=O) groups excluding carboxylic acids is 1. The number of rotatable bonds is 8. The minimum atomic E-state index is -0.303. The van der Waals surface area contributed by atoms with Gasteiger partial charge in [-0.1, -0.05) is 11.6 Å². The van der Waals surface area contributed by atoms with Crippen LogP contribution in [0.2, 0.25) is 5.02 Å². The number of carbonyl (C=O) groups is 1. The monoisotopic (exact) mass is 394 g/mol. The van der Waals surface area contributed by atoms with Gasteiger partial charge in [0.25, 0.3) is 0 Å². The second kappa shape index (κ2) is 10.3. The summed E-state index contributed by atoms with van der Waals surface area (Å²) in [4.78, 5) is 16.6. The van der Waals surface area contributed by atoms with Crippen LogP contribution < -0.4 is 4.74 Å². The molecule has 1 heterocycles. The predicted octanol–water partition coefficient (Wildman–Crippen LogP) is 4.44. The molecule has 1 aliphatic carbocycles. The molecule has 1 aromatic carbocycles. The second-order valence-electron chi connectivity index (χ2n) is 7.73. The van der Waals surface area contributed by atoms with E-state index >= 15 is 0 Å². The number of amides is 1. The number of ether oxygens (including phenoxy) is 2. The van der Waals surface area contributed by atoms with Crippen LogP contribution in [0.4, 0.5) is 4.79 Å². The van der Waals surface area contributed by atoms with Gasteiger partial charge in [-0.3, -0.25) is 0 Å². The molecule has 1 amide bonds. The van der Waals surface area contributed by atoms with Crippen molar-refractivity contribution >= 4 is 17.7 Å². The molecule has 0 spiro atoms. The third kappa shape index (κ3) is 6.37. The SMILES string of the molecule is CN(C(=O)Oc1ccc(Cl)cc1)C1CCC(COCCCN2CCC2)CC1. The fraction of sp³-hybridized carbons (Fsp3) is 0.667. The summed E-state index contributed by atoms with van der Waals surface area (Å²) < 4.78 is 11.3. The highest BCUT2D eigenvalue weighted by Crippen LogP contribution is 2.28. The van der Waals surface area contributed by atoms with E-state index in [0.29, 0.717) is 16.7 Å². The van der Waals surface area contributed by atoms with E-state index in [0.717, 1.165) is 45.3 Å². The Morgan fingerprint density at radius 1 is 1.19 bits per heavy atom. The first-order valence-electron chi connectivity index (χ1n) is 10.1. The molecular formula is C21H31ClN2O3. The molecule has 0 unspecified atom stereocenters. The number of likely N-dealkylation sites (tertiary alicyclic amines) is 1.